The normalized spacial score (nSPS) is 16.2. The lowest BCUT2D eigenvalue weighted by Gasteiger charge is -2.25. The minimum atomic E-state index is -0.198. The Balaban J connectivity index is 1.02. The standard InChI is InChI=1S/C26H31ClN4O2S/c27-23-20-8-1-2-10-22(20)34-25(23)29-26(32)28-12-3-4-13-30-14-6-15-31(17-16-30)21-9-5-7-19-11-18-33-24(19)21/h1-2,5,7-10H,3-4,6,11-18H2,(H2,28,29,32). The maximum Gasteiger partial charge on any atom is 0.319 e. The molecule has 5 rings (SSSR count). The van der Waals surface area contributed by atoms with Gasteiger partial charge in [0.1, 0.15) is 10.8 Å². The Kier molecular flexibility index (Phi) is 7.42. The van der Waals surface area contributed by atoms with Crippen molar-refractivity contribution in [2.75, 3.05) is 56.1 Å². The van der Waals surface area contributed by atoms with E-state index in [-0.39, 0.29) is 6.03 Å². The zero-order valence-corrected chi connectivity index (χ0v) is 20.9. The maximum absolute atomic E-state index is 12.3. The average Bonchev–Trinajstić information content (AvgIpc) is 3.37. The van der Waals surface area contributed by atoms with Crippen LogP contribution in [0.2, 0.25) is 5.02 Å². The number of anilines is 2. The van der Waals surface area contributed by atoms with Crippen molar-refractivity contribution >= 4 is 49.7 Å². The third-order valence-corrected chi connectivity index (χ3v) is 8.16. The smallest absolute Gasteiger partial charge is 0.319 e. The summed E-state index contributed by atoms with van der Waals surface area (Å²) in [6, 6.07) is 14.2. The number of nitrogens with one attached hydrogen (secondary N) is 2. The second kappa shape index (κ2) is 10.8. The molecule has 3 aromatic rings. The molecule has 8 heteroatoms. The van der Waals surface area contributed by atoms with Gasteiger partial charge in [0.05, 0.1) is 17.3 Å². The Morgan fingerprint density at radius 1 is 1.06 bits per heavy atom. The molecular formula is C26H31ClN4O2S. The number of fused-ring (bicyclic) bond motifs is 2. The van der Waals surface area contributed by atoms with E-state index >= 15 is 0 Å². The molecular weight excluding hydrogens is 468 g/mol. The number of nitrogens with zero attached hydrogens (tertiary/aromatic N) is 2. The van der Waals surface area contributed by atoms with Gasteiger partial charge in [0.25, 0.3) is 0 Å². The van der Waals surface area contributed by atoms with Gasteiger partial charge in [-0.1, -0.05) is 41.9 Å². The highest BCUT2D eigenvalue weighted by atomic mass is 35.5. The summed E-state index contributed by atoms with van der Waals surface area (Å²) in [4.78, 5) is 17.3. The molecule has 0 bridgehead atoms. The Morgan fingerprint density at radius 3 is 2.88 bits per heavy atom. The summed E-state index contributed by atoms with van der Waals surface area (Å²) < 4.78 is 6.99. The van der Waals surface area contributed by atoms with Gasteiger partial charge in [-0.3, -0.25) is 5.32 Å². The van der Waals surface area contributed by atoms with Gasteiger partial charge >= 0.3 is 6.03 Å². The SMILES string of the molecule is O=C(NCCCCN1CCCN(c2cccc3c2OCC3)CC1)Nc1sc2ccccc2c1Cl. The Bertz CT molecular complexity index is 1150. The van der Waals surface area contributed by atoms with E-state index in [0.29, 0.717) is 16.6 Å². The molecule has 0 radical (unpaired) electrons. The molecule has 3 heterocycles. The fourth-order valence-electron chi connectivity index (χ4n) is 4.79. The summed E-state index contributed by atoms with van der Waals surface area (Å²) in [5.41, 5.74) is 2.59. The minimum Gasteiger partial charge on any atom is -0.491 e. The molecule has 2 aromatic carbocycles. The fraction of sp³-hybridized carbons (Fsp3) is 0.423. The third-order valence-electron chi connectivity index (χ3n) is 6.57. The van der Waals surface area contributed by atoms with Crippen LogP contribution in [0.25, 0.3) is 10.1 Å². The third kappa shape index (κ3) is 5.27. The van der Waals surface area contributed by atoms with Crippen molar-refractivity contribution in [2.45, 2.75) is 25.7 Å². The van der Waals surface area contributed by atoms with Crippen LogP contribution >= 0.6 is 22.9 Å². The molecule has 6 nitrogen and oxygen atoms in total. The highest BCUT2D eigenvalue weighted by Gasteiger charge is 2.22. The van der Waals surface area contributed by atoms with E-state index in [9.17, 15) is 4.79 Å². The monoisotopic (exact) mass is 498 g/mol. The summed E-state index contributed by atoms with van der Waals surface area (Å²) in [5, 5.41) is 8.14. The number of hydrogen-bond donors (Lipinski definition) is 2. The molecule has 34 heavy (non-hydrogen) atoms. The maximum atomic E-state index is 12.3. The molecule has 0 saturated carbocycles. The molecule has 2 aliphatic heterocycles. The van der Waals surface area contributed by atoms with E-state index in [1.807, 2.05) is 24.3 Å². The Morgan fingerprint density at radius 2 is 1.97 bits per heavy atom. The van der Waals surface area contributed by atoms with Gasteiger partial charge in [0.15, 0.2) is 0 Å². The van der Waals surface area contributed by atoms with E-state index in [4.69, 9.17) is 16.3 Å². The summed E-state index contributed by atoms with van der Waals surface area (Å²) in [6.45, 7) is 6.78. The summed E-state index contributed by atoms with van der Waals surface area (Å²) >= 11 is 7.91. The van der Waals surface area contributed by atoms with Crippen LogP contribution < -0.4 is 20.3 Å². The number of thiophene rings is 1. The first-order valence-corrected chi connectivity index (χ1v) is 13.3. The van der Waals surface area contributed by atoms with Crippen molar-refractivity contribution in [3.05, 3.63) is 53.1 Å². The predicted octanol–water partition coefficient (Wildman–Crippen LogP) is 5.60. The van der Waals surface area contributed by atoms with Gasteiger partial charge in [-0.2, -0.15) is 0 Å². The number of para-hydroxylation sites is 1. The second-order valence-corrected chi connectivity index (χ2v) is 10.3. The number of urea groups is 1. The number of carbonyl (C=O) groups is 1. The van der Waals surface area contributed by atoms with Crippen molar-refractivity contribution in [1.82, 2.24) is 10.2 Å². The highest BCUT2D eigenvalue weighted by Crippen LogP contribution is 2.39. The summed E-state index contributed by atoms with van der Waals surface area (Å²) in [6.07, 6.45) is 4.19. The molecule has 1 aromatic heterocycles. The number of rotatable bonds is 7. The quantitative estimate of drug-likeness (QED) is 0.416. The van der Waals surface area contributed by atoms with E-state index in [2.05, 4.69) is 38.6 Å². The van der Waals surface area contributed by atoms with Gasteiger partial charge < -0.3 is 19.9 Å². The van der Waals surface area contributed by atoms with Crippen LogP contribution in [0, 0.1) is 0 Å². The van der Waals surface area contributed by atoms with Crippen LogP contribution in [0.5, 0.6) is 5.75 Å². The number of unbranched alkanes of at least 4 members (excludes halogenated alkanes) is 1. The first-order chi connectivity index (χ1) is 16.7. The lowest BCUT2D eigenvalue weighted by molar-refractivity contribution is 0.251. The number of amides is 2. The van der Waals surface area contributed by atoms with Crippen LogP contribution in [-0.4, -0.2) is 56.8 Å². The van der Waals surface area contributed by atoms with E-state index in [1.165, 1.54) is 22.6 Å². The molecule has 1 saturated heterocycles. The van der Waals surface area contributed by atoms with Crippen molar-refractivity contribution in [3.8, 4) is 5.75 Å². The largest absolute Gasteiger partial charge is 0.491 e. The van der Waals surface area contributed by atoms with Crippen LogP contribution in [0.15, 0.2) is 42.5 Å². The molecule has 0 unspecified atom stereocenters. The number of carbonyl (C=O) groups excluding carboxylic acids is 1. The lowest BCUT2D eigenvalue weighted by Crippen LogP contribution is -2.32. The van der Waals surface area contributed by atoms with Crippen LogP contribution in [0.3, 0.4) is 0 Å². The van der Waals surface area contributed by atoms with E-state index in [0.717, 1.165) is 80.8 Å². The highest BCUT2D eigenvalue weighted by molar-refractivity contribution is 7.23. The van der Waals surface area contributed by atoms with Gasteiger partial charge in [-0.25, -0.2) is 4.79 Å². The topological polar surface area (TPSA) is 56.8 Å². The minimum absolute atomic E-state index is 0.198. The molecule has 180 valence electrons. The average molecular weight is 499 g/mol. The first-order valence-electron chi connectivity index (χ1n) is 12.1. The number of hydrogen-bond acceptors (Lipinski definition) is 5. The summed E-state index contributed by atoms with van der Waals surface area (Å²) in [5.74, 6) is 1.09. The zero-order valence-electron chi connectivity index (χ0n) is 19.3. The van der Waals surface area contributed by atoms with Gasteiger partial charge in [-0.05, 0) is 50.0 Å². The number of ether oxygens (including phenoxy) is 1. The molecule has 2 aliphatic rings. The molecule has 0 spiro atoms. The Hall–Kier alpha value is -2.48. The van der Waals surface area contributed by atoms with E-state index in [1.54, 1.807) is 0 Å². The van der Waals surface area contributed by atoms with Crippen molar-refractivity contribution in [2.24, 2.45) is 0 Å². The van der Waals surface area contributed by atoms with Crippen LogP contribution in [0.1, 0.15) is 24.8 Å². The van der Waals surface area contributed by atoms with Crippen molar-refractivity contribution < 1.29 is 9.53 Å². The van der Waals surface area contributed by atoms with Gasteiger partial charge in [0.2, 0.25) is 0 Å². The number of halogens is 1. The first kappa shape index (κ1) is 23.3. The molecule has 2 N–H and O–H groups in total. The second-order valence-electron chi connectivity index (χ2n) is 8.88. The van der Waals surface area contributed by atoms with Gasteiger partial charge in [-0.15, -0.1) is 11.3 Å². The van der Waals surface area contributed by atoms with Crippen molar-refractivity contribution in [3.63, 3.8) is 0 Å². The Labute approximate surface area is 209 Å². The predicted molar refractivity (Wildman–Crippen MR) is 142 cm³/mol. The molecule has 2 amide bonds. The lowest BCUT2D eigenvalue weighted by atomic mass is 10.1. The summed E-state index contributed by atoms with van der Waals surface area (Å²) in [7, 11) is 0. The molecule has 0 atom stereocenters. The van der Waals surface area contributed by atoms with Crippen molar-refractivity contribution in [1.29, 1.82) is 0 Å². The molecule has 1 fully saturated rings. The van der Waals surface area contributed by atoms with Gasteiger partial charge in [0, 0.05) is 42.7 Å². The van der Waals surface area contributed by atoms with Crippen LogP contribution in [0.4, 0.5) is 15.5 Å². The zero-order chi connectivity index (χ0) is 23.3. The fourth-order valence-corrected chi connectivity index (χ4v) is 6.16. The molecule has 0 aliphatic carbocycles. The van der Waals surface area contributed by atoms with E-state index < -0.39 is 0 Å². The van der Waals surface area contributed by atoms with Crippen LogP contribution in [-0.2, 0) is 6.42 Å². The number of benzene rings is 2.